The molecule has 0 saturated carbocycles. The van der Waals surface area contributed by atoms with Crippen molar-refractivity contribution in [2.75, 3.05) is 12.4 Å². The summed E-state index contributed by atoms with van der Waals surface area (Å²) < 4.78 is 13.4. The Labute approximate surface area is 101 Å². The minimum Gasteiger partial charge on any atom is -0.394 e. The quantitative estimate of drug-likeness (QED) is 0.596. The molecule has 2 N–H and O–H groups in total. The van der Waals surface area contributed by atoms with Gasteiger partial charge in [0.2, 0.25) is 0 Å². The van der Waals surface area contributed by atoms with Crippen molar-refractivity contribution in [3.8, 4) is 0 Å². The zero-order valence-electron chi connectivity index (χ0n) is 8.88. The average Bonchev–Trinajstić information content (AvgIpc) is 2.30. The van der Waals surface area contributed by atoms with Gasteiger partial charge in [-0.2, -0.15) is 11.8 Å². The van der Waals surface area contributed by atoms with E-state index in [1.54, 1.807) is 0 Å². The summed E-state index contributed by atoms with van der Waals surface area (Å²) in [7, 11) is 0. The van der Waals surface area contributed by atoms with Crippen molar-refractivity contribution < 1.29 is 19.5 Å². The Morgan fingerprint density at radius 2 is 2.24 bits per heavy atom. The minimum absolute atomic E-state index is 0.00707. The molecule has 17 heavy (non-hydrogen) atoms. The molecule has 1 rings (SSSR count). The highest BCUT2D eigenvalue weighted by Crippen LogP contribution is 2.25. The van der Waals surface area contributed by atoms with Gasteiger partial charge in [-0.05, 0) is 6.07 Å². The van der Waals surface area contributed by atoms with E-state index in [-0.39, 0.29) is 29.4 Å². The van der Waals surface area contributed by atoms with E-state index in [0.717, 1.165) is 17.8 Å². The number of nitro benzene ring substituents is 1. The van der Waals surface area contributed by atoms with E-state index < -0.39 is 16.8 Å². The number of thioether (sulfide) groups is 1. The summed E-state index contributed by atoms with van der Waals surface area (Å²) >= 11 is 1.13. The van der Waals surface area contributed by atoms with Crippen LogP contribution in [-0.2, 0) is 5.75 Å². The lowest BCUT2D eigenvalue weighted by molar-refractivity contribution is -0.385. The highest BCUT2D eigenvalue weighted by molar-refractivity contribution is 7.98. The fraction of sp³-hybridized carbons (Fsp3) is 0.400. The number of aliphatic hydroxyl groups excluding tert-OH is 2. The Balaban J connectivity index is 2.72. The molecule has 0 radical (unpaired) electrons. The first-order valence-electron chi connectivity index (χ1n) is 4.84. The van der Waals surface area contributed by atoms with Gasteiger partial charge in [0.25, 0.3) is 5.69 Å². The van der Waals surface area contributed by atoms with Crippen molar-refractivity contribution in [1.82, 2.24) is 0 Å². The summed E-state index contributed by atoms with van der Waals surface area (Å²) in [4.78, 5) is 10.0. The van der Waals surface area contributed by atoms with Crippen molar-refractivity contribution in [2.45, 2.75) is 11.9 Å². The second-order valence-corrected chi connectivity index (χ2v) is 4.38. The van der Waals surface area contributed by atoms with Crippen LogP contribution in [-0.4, -0.2) is 33.6 Å². The summed E-state index contributed by atoms with van der Waals surface area (Å²) in [6.07, 6.45) is -0.897. The topological polar surface area (TPSA) is 83.6 Å². The molecule has 0 aliphatic heterocycles. The van der Waals surface area contributed by atoms with E-state index in [1.807, 2.05) is 0 Å². The molecule has 94 valence electrons. The van der Waals surface area contributed by atoms with Crippen LogP contribution in [0.1, 0.15) is 5.56 Å². The third kappa shape index (κ3) is 3.95. The summed E-state index contributed by atoms with van der Waals surface area (Å²) in [5.74, 6) is -0.354. The van der Waals surface area contributed by atoms with Crippen molar-refractivity contribution in [2.24, 2.45) is 0 Å². The lowest BCUT2D eigenvalue weighted by atomic mass is 10.2. The molecule has 1 aromatic carbocycles. The van der Waals surface area contributed by atoms with E-state index in [9.17, 15) is 14.5 Å². The van der Waals surface area contributed by atoms with Crippen LogP contribution >= 0.6 is 11.8 Å². The van der Waals surface area contributed by atoms with Gasteiger partial charge in [0, 0.05) is 17.6 Å². The number of aliphatic hydroxyl groups is 2. The van der Waals surface area contributed by atoms with Crippen LogP contribution in [0.5, 0.6) is 0 Å². The first kappa shape index (κ1) is 13.9. The molecule has 5 nitrogen and oxygen atoms in total. The van der Waals surface area contributed by atoms with Crippen LogP contribution in [0, 0.1) is 15.9 Å². The van der Waals surface area contributed by atoms with Gasteiger partial charge in [-0.25, -0.2) is 4.39 Å². The standard InChI is InChI=1S/C10H12FNO4S/c11-9-2-1-3-10(12(15)16)8(9)6-17-5-7(14)4-13/h1-3,7,13-14H,4-6H2/t7-/m1/s1. The van der Waals surface area contributed by atoms with E-state index in [2.05, 4.69) is 0 Å². The van der Waals surface area contributed by atoms with Crippen molar-refractivity contribution in [3.63, 3.8) is 0 Å². The van der Waals surface area contributed by atoms with Crippen LogP contribution in [0.3, 0.4) is 0 Å². The van der Waals surface area contributed by atoms with Crippen LogP contribution in [0.25, 0.3) is 0 Å². The summed E-state index contributed by atoms with van der Waals surface area (Å²) in [5, 5.41) is 28.3. The van der Waals surface area contributed by atoms with E-state index in [1.165, 1.54) is 12.1 Å². The summed E-state index contributed by atoms with van der Waals surface area (Å²) in [6.45, 7) is -0.383. The zero-order valence-corrected chi connectivity index (χ0v) is 9.69. The highest BCUT2D eigenvalue weighted by atomic mass is 32.2. The summed E-state index contributed by atoms with van der Waals surface area (Å²) in [5.41, 5.74) is -0.261. The van der Waals surface area contributed by atoms with Gasteiger partial charge in [-0.15, -0.1) is 0 Å². The molecular formula is C10H12FNO4S. The number of nitrogens with zero attached hydrogens (tertiary/aromatic N) is 1. The molecule has 0 aliphatic rings. The fourth-order valence-corrected chi connectivity index (χ4v) is 2.20. The van der Waals surface area contributed by atoms with Gasteiger partial charge in [-0.3, -0.25) is 10.1 Å². The average molecular weight is 261 g/mol. The molecule has 0 heterocycles. The molecule has 0 spiro atoms. The number of hydrogen-bond donors (Lipinski definition) is 2. The Morgan fingerprint density at radius 1 is 1.53 bits per heavy atom. The number of nitro groups is 1. The van der Waals surface area contributed by atoms with Gasteiger partial charge < -0.3 is 10.2 Å². The van der Waals surface area contributed by atoms with Crippen molar-refractivity contribution in [3.05, 3.63) is 39.7 Å². The maximum atomic E-state index is 13.4. The fourth-order valence-electron chi connectivity index (χ4n) is 1.21. The highest BCUT2D eigenvalue weighted by Gasteiger charge is 2.17. The first-order valence-corrected chi connectivity index (χ1v) is 6.00. The molecule has 0 aliphatic carbocycles. The first-order chi connectivity index (χ1) is 8.06. The van der Waals surface area contributed by atoms with E-state index in [0.29, 0.717) is 0 Å². The van der Waals surface area contributed by atoms with Crippen LogP contribution in [0.15, 0.2) is 18.2 Å². The zero-order chi connectivity index (χ0) is 12.8. The largest absolute Gasteiger partial charge is 0.394 e. The molecule has 1 aromatic rings. The second-order valence-electron chi connectivity index (χ2n) is 3.35. The Morgan fingerprint density at radius 3 is 2.82 bits per heavy atom. The number of halogens is 1. The van der Waals surface area contributed by atoms with Crippen molar-refractivity contribution in [1.29, 1.82) is 0 Å². The second kappa shape index (κ2) is 6.53. The Kier molecular flexibility index (Phi) is 5.33. The van der Waals surface area contributed by atoms with Crippen LogP contribution in [0.4, 0.5) is 10.1 Å². The molecule has 0 amide bonds. The van der Waals surface area contributed by atoms with Gasteiger partial charge in [0.05, 0.1) is 23.2 Å². The van der Waals surface area contributed by atoms with Gasteiger partial charge in [0.15, 0.2) is 0 Å². The number of rotatable bonds is 6. The lowest BCUT2D eigenvalue weighted by Gasteiger charge is -2.07. The molecule has 0 aromatic heterocycles. The maximum Gasteiger partial charge on any atom is 0.276 e. The van der Waals surface area contributed by atoms with Crippen molar-refractivity contribution >= 4 is 17.4 Å². The summed E-state index contributed by atoms with van der Waals surface area (Å²) in [6, 6.07) is 3.68. The Bertz CT molecular complexity index is 402. The SMILES string of the molecule is O=[N+]([O-])c1cccc(F)c1CSC[C@H](O)CO. The smallest absolute Gasteiger partial charge is 0.276 e. The minimum atomic E-state index is -0.897. The maximum absolute atomic E-state index is 13.4. The van der Waals surface area contributed by atoms with Crippen LogP contribution in [0.2, 0.25) is 0 Å². The number of benzene rings is 1. The molecule has 0 fully saturated rings. The predicted octanol–water partition coefficient (Wildman–Crippen LogP) is 1.32. The van der Waals surface area contributed by atoms with Gasteiger partial charge >= 0.3 is 0 Å². The molecule has 0 saturated heterocycles. The lowest BCUT2D eigenvalue weighted by Crippen LogP contribution is -2.14. The van der Waals surface area contributed by atoms with Gasteiger partial charge in [-0.1, -0.05) is 6.07 Å². The monoisotopic (exact) mass is 261 g/mol. The molecule has 7 heteroatoms. The third-order valence-corrected chi connectivity index (χ3v) is 3.17. The molecule has 1 atom stereocenters. The predicted molar refractivity (Wildman–Crippen MR) is 62.3 cm³/mol. The molecule has 0 unspecified atom stereocenters. The Hall–Kier alpha value is -1.18. The van der Waals surface area contributed by atoms with E-state index in [4.69, 9.17) is 10.2 Å². The van der Waals surface area contributed by atoms with Gasteiger partial charge in [0.1, 0.15) is 5.82 Å². The normalized spacial score (nSPS) is 12.4. The van der Waals surface area contributed by atoms with E-state index >= 15 is 0 Å². The third-order valence-electron chi connectivity index (χ3n) is 2.06. The number of hydrogen-bond acceptors (Lipinski definition) is 5. The molecular weight excluding hydrogens is 249 g/mol. The van der Waals surface area contributed by atoms with Crippen LogP contribution < -0.4 is 0 Å². The molecule has 0 bridgehead atoms.